The summed E-state index contributed by atoms with van der Waals surface area (Å²) in [6.45, 7) is 9.93. The molecule has 1 aromatic carbocycles. The minimum atomic E-state index is -0.408. The van der Waals surface area contributed by atoms with Crippen molar-refractivity contribution >= 4 is 27.2 Å². The van der Waals surface area contributed by atoms with Crippen LogP contribution in [0.1, 0.15) is 45.1 Å². The molecule has 0 spiro atoms. The molecule has 0 saturated carbocycles. The largest absolute Gasteiger partial charge is 0.497 e. The van der Waals surface area contributed by atoms with E-state index in [1.54, 1.807) is 25.4 Å². The van der Waals surface area contributed by atoms with Crippen LogP contribution in [0.15, 0.2) is 18.2 Å². The number of Topliss-reactive ketones (excluding diaryl/α,β-unsaturated/α-hetero) is 1. The first-order valence-electron chi connectivity index (χ1n) is 8.30. The van der Waals surface area contributed by atoms with Crippen molar-refractivity contribution in [3.8, 4) is 5.75 Å². The lowest BCUT2D eigenvalue weighted by Crippen LogP contribution is -2.25. The maximum Gasteiger partial charge on any atom is 0.135 e. The number of methoxy groups -OCH3 is 1. The number of ether oxygens (including phenoxy) is 1. The van der Waals surface area contributed by atoms with E-state index in [1.165, 1.54) is 15.1 Å². The average Bonchev–Trinajstić information content (AvgIpc) is 2.82. The van der Waals surface area contributed by atoms with Gasteiger partial charge in [0.1, 0.15) is 11.5 Å². The van der Waals surface area contributed by atoms with Gasteiger partial charge in [-0.3, -0.25) is 4.79 Å². The van der Waals surface area contributed by atoms with Gasteiger partial charge in [-0.1, -0.05) is 27.7 Å². The second-order valence-electron chi connectivity index (χ2n) is 7.98. The van der Waals surface area contributed by atoms with Crippen LogP contribution in [-0.4, -0.2) is 24.6 Å². The van der Waals surface area contributed by atoms with Crippen LogP contribution in [0, 0.1) is 10.8 Å². The van der Waals surface area contributed by atoms with E-state index < -0.39 is 5.41 Å². The third kappa shape index (κ3) is 3.98. The van der Waals surface area contributed by atoms with Gasteiger partial charge in [-0.15, -0.1) is 11.3 Å². The van der Waals surface area contributed by atoms with E-state index in [0.29, 0.717) is 6.42 Å². The van der Waals surface area contributed by atoms with E-state index in [1.807, 2.05) is 19.9 Å². The van der Waals surface area contributed by atoms with E-state index in [-0.39, 0.29) is 17.8 Å². The van der Waals surface area contributed by atoms with Crippen LogP contribution in [0.25, 0.3) is 10.1 Å². The number of carbonyl (C=O) groups is 1. The number of benzene rings is 1. The smallest absolute Gasteiger partial charge is 0.135 e. The molecule has 0 unspecified atom stereocenters. The molecular weight excluding hydrogens is 320 g/mol. The molecule has 1 heterocycles. The molecule has 0 aliphatic heterocycles. The lowest BCUT2D eigenvalue weighted by molar-refractivity contribution is -0.124. The molecule has 0 fully saturated rings. The van der Waals surface area contributed by atoms with Crippen molar-refractivity contribution in [2.45, 2.75) is 47.5 Å². The molecule has 0 amide bonds. The van der Waals surface area contributed by atoms with E-state index in [0.717, 1.165) is 17.6 Å². The van der Waals surface area contributed by atoms with Crippen LogP contribution >= 0.6 is 11.3 Å². The lowest BCUT2D eigenvalue weighted by atomic mass is 9.80. The van der Waals surface area contributed by atoms with E-state index in [9.17, 15) is 9.90 Å². The Balaban J connectivity index is 2.59. The van der Waals surface area contributed by atoms with Crippen LogP contribution in [0.4, 0.5) is 0 Å². The number of carbonyl (C=O) groups excluding carboxylic acids is 1. The van der Waals surface area contributed by atoms with Gasteiger partial charge in [0.25, 0.3) is 0 Å². The molecule has 24 heavy (non-hydrogen) atoms. The van der Waals surface area contributed by atoms with E-state index in [4.69, 9.17) is 4.74 Å². The number of aliphatic hydroxyl groups excluding tert-OH is 1. The molecule has 132 valence electrons. The summed E-state index contributed by atoms with van der Waals surface area (Å²) in [4.78, 5) is 13.3. The Labute approximate surface area is 148 Å². The zero-order chi connectivity index (χ0) is 18.1. The SMILES string of the molecule is COc1ccc2sc(CC(C)(C)CO)c(CC(C)(C)C(C)=O)c2c1. The highest BCUT2D eigenvalue weighted by Gasteiger charge is 2.29. The summed E-state index contributed by atoms with van der Waals surface area (Å²) in [6, 6.07) is 6.12. The summed E-state index contributed by atoms with van der Waals surface area (Å²) in [5.41, 5.74) is 0.630. The minimum absolute atomic E-state index is 0.139. The number of thiophene rings is 1. The summed E-state index contributed by atoms with van der Waals surface area (Å²) >= 11 is 1.76. The molecular formula is C20H28O3S. The summed E-state index contributed by atoms with van der Waals surface area (Å²) in [7, 11) is 1.67. The summed E-state index contributed by atoms with van der Waals surface area (Å²) < 4.78 is 6.59. The van der Waals surface area contributed by atoms with Gasteiger partial charge >= 0.3 is 0 Å². The molecule has 0 saturated heterocycles. The Morgan fingerprint density at radius 1 is 1.21 bits per heavy atom. The fourth-order valence-corrected chi connectivity index (χ4v) is 4.16. The molecule has 1 N–H and O–H groups in total. The minimum Gasteiger partial charge on any atom is -0.497 e. The Hall–Kier alpha value is -1.39. The third-order valence-electron chi connectivity index (χ3n) is 4.72. The quantitative estimate of drug-likeness (QED) is 0.793. The first kappa shape index (κ1) is 18.9. The first-order valence-corrected chi connectivity index (χ1v) is 9.11. The second kappa shape index (κ2) is 6.85. The van der Waals surface area contributed by atoms with Gasteiger partial charge < -0.3 is 9.84 Å². The van der Waals surface area contributed by atoms with Gasteiger partial charge in [-0.05, 0) is 54.3 Å². The van der Waals surface area contributed by atoms with Gasteiger partial charge in [0.15, 0.2) is 0 Å². The van der Waals surface area contributed by atoms with Crippen molar-refractivity contribution in [3.05, 3.63) is 28.6 Å². The highest BCUT2D eigenvalue weighted by atomic mass is 32.1. The Morgan fingerprint density at radius 3 is 2.42 bits per heavy atom. The fraction of sp³-hybridized carbons (Fsp3) is 0.550. The molecule has 0 aliphatic rings. The number of rotatable bonds is 7. The average molecular weight is 349 g/mol. The number of ketones is 1. The Kier molecular flexibility index (Phi) is 5.41. The zero-order valence-corrected chi connectivity index (χ0v) is 16.3. The van der Waals surface area contributed by atoms with Crippen LogP contribution in [-0.2, 0) is 17.6 Å². The number of hydrogen-bond acceptors (Lipinski definition) is 4. The monoisotopic (exact) mass is 348 g/mol. The maximum absolute atomic E-state index is 12.0. The summed E-state index contributed by atoms with van der Waals surface area (Å²) in [5.74, 6) is 1.02. The van der Waals surface area contributed by atoms with Crippen LogP contribution in [0.5, 0.6) is 5.75 Å². The molecule has 3 nitrogen and oxygen atoms in total. The second-order valence-corrected chi connectivity index (χ2v) is 9.12. The number of fused-ring (bicyclic) bond motifs is 1. The Morgan fingerprint density at radius 2 is 1.88 bits per heavy atom. The molecule has 2 aromatic rings. The van der Waals surface area contributed by atoms with Gasteiger partial charge in [0, 0.05) is 21.6 Å². The summed E-state index contributed by atoms with van der Waals surface area (Å²) in [6.07, 6.45) is 1.50. The van der Waals surface area contributed by atoms with Crippen molar-refractivity contribution in [2.24, 2.45) is 10.8 Å². The van der Waals surface area contributed by atoms with Gasteiger partial charge in [-0.2, -0.15) is 0 Å². The van der Waals surface area contributed by atoms with Gasteiger partial charge in [0.05, 0.1) is 7.11 Å². The van der Waals surface area contributed by atoms with Crippen molar-refractivity contribution in [2.75, 3.05) is 13.7 Å². The lowest BCUT2D eigenvalue weighted by Gasteiger charge is -2.25. The first-order chi connectivity index (χ1) is 11.1. The number of aliphatic hydroxyl groups is 1. The van der Waals surface area contributed by atoms with E-state index >= 15 is 0 Å². The normalized spacial score (nSPS) is 12.6. The molecule has 4 heteroatoms. The van der Waals surface area contributed by atoms with Gasteiger partial charge in [-0.25, -0.2) is 0 Å². The van der Waals surface area contributed by atoms with Crippen molar-refractivity contribution in [1.82, 2.24) is 0 Å². The number of hydrogen-bond donors (Lipinski definition) is 1. The highest BCUT2D eigenvalue weighted by molar-refractivity contribution is 7.19. The molecule has 2 rings (SSSR count). The fourth-order valence-electron chi connectivity index (χ4n) is 2.70. The van der Waals surface area contributed by atoms with E-state index in [2.05, 4.69) is 26.0 Å². The predicted molar refractivity (Wildman–Crippen MR) is 101 cm³/mol. The maximum atomic E-state index is 12.0. The Bertz CT molecular complexity index is 741. The third-order valence-corrected chi connectivity index (χ3v) is 5.93. The van der Waals surface area contributed by atoms with Crippen molar-refractivity contribution in [1.29, 1.82) is 0 Å². The topological polar surface area (TPSA) is 46.5 Å². The molecule has 0 atom stereocenters. The highest BCUT2D eigenvalue weighted by Crippen LogP contribution is 2.40. The van der Waals surface area contributed by atoms with Crippen LogP contribution in [0.3, 0.4) is 0 Å². The van der Waals surface area contributed by atoms with Crippen LogP contribution in [0.2, 0.25) is 0 Å². The molecule has 0 aliphatic carbocycles. The van der Waals surface area contributed by atoms with Crippen molar-refractivity contribution < 1.29 is 14.6 Å². The molecule has 0 bridgehead atoms. The van der Waals surface area contributed by atoms with Crippen molar-refractivity contribution in [3.63, 3.8) is 0 Å². The predicted octanol–water partition coefficient (Wildman–Crippen LogP) is 4.63. The standard InChI is InChI=1S/C20H28O3S/c1-13(22)20(4,5)10-16-15-9-14(23-6)7-8-17(15)24-18(16)11-19(2,3)12-21/h7-9,21H,10-12H2,1-6H3. The van der Waals surface area contributed by atoms with Gasteiger partial charge in [0.2, 0.25) is 0 Å². The summed E-state index contributed by atoms with van der Waals surface area (Å²) in [5, 5.41) is 10.8. The van der Waals surface area contributed by atoms with Crippen LogP contribution < -0.4 is 4.74 Å². The molecule has 0 radical (unpaired) electrons. The zero-order valence-electron chi connectivity index (χ0n) is 15.5. The molecule has 1 aromatic heterocycles.